The zero-order chi connectivity index (χ0) is 12.3. The number of hydrogen-bond donors (Lipinski definition) is 2. The minimum absolute atomic E-state index is 0.0369. The summed E-state index contributed by atoms with van der Waals surface area (Å²) in [5, 5.41) is 9.37. The number of aromatic hydroxyl groups is 1. The molecule has 92 valence electrons. The molecule has 1 fully saturated rings. The summed E-state index contributed by atoms with van der Waals surface area (Å²) in [6.45, 7) is 1.37. The van der Waals surface area contributed by atoms with Gasteiger partial charge in [0.15, 0.2) is 0 Å². The van der Waals surface area contributed by atoms with Crippen LogP contribution in [0.25, 0.3) is 0 Å². The van der Waals surface area contributed by atoms with Crippen LogP contribution in [-0.2, 0) is 11.3 Å². The first kappa shape index (κ1) is 11.7. The van der Waals surface area contributed by atoms with Crippen molar-refractivity contribution in [2.75, 3.05) is 13.2 Å². The van der Waals surface area contributed by atoms with E-state index >= 15 is 0 Å². The molecule has 1 amide bonds. The van der Waals surface area contributed by atoms with E-state index in [-0.39, 0.29) is 17.9 Å². The molecule has 5 nitrogen and oxygen atoms in total. The molecule has 3 N–H and O–H groups in total. The summed E-state index contributed by atoms with van der Waals surface area (Å²) >= 11 is 0. The van der Waals surface area contributed by atoms with E-state index in [0.717, 1.165) is 12.0 Å². The smallest absolute Gasteiger partial charge is 0.410 e. The SMILES string of the molecule is NCCC1COC(=O)N1Cc1cccc(O)c1. The van der Waals surface area contributed by atoms with Crippen LogP contribution in [0.2, 0.25) is 0 Å². The lowest BCUT2D eigenvalue weighted by molar-refractivity contribution is 0.156. The molecule has 1 aromatic rings. The highest BCUT2D eigenvalue weighted by Crippen LogP contribution is 2.20. The van der Waals surface area contributed by atoms with Crippen LogP contribution in [-0.4, -0.2) is 35.3 Å². The van der Waals surface area contributed by atoms with Crippen LogP contribution in [0.3, 0.4) is 0 Å². The number of benzene rings is 1. The first-order valence-electron chi connectivity index (χ1n) is 5.62. The predicted octanol–water partition coefficient (Wildman–Crippen LogP) is 1.06. The first-order chi connectivity index (χ1) is 8.20. The highest BCUT2D eigenvalue weighted by Gasteiger charge is 2.32. The highest BCUT2D eigenvalue weighted by atomic mass is 16.6. The third-order valence-electron chi connectivity index (χ3n) is 2.84. The third-order valence-corrected chi connectivity index (χ3v) is 2.84. The van der Waals surface area contributed by atoms with Crippen molar-refractivity contribution in [3.8, 4) is 5.75 Å². The summed E-state index contributed by atoms with van der Waals surface area (Å²) in [7, 11) is 0. The van der Waals surface area contributed by atoms with Crippen LogP contribution in [0.5, 0.6) is 5.75 Å². The average Bonchev–Trinajstić information content (AvgIpc) is 2.62. The van der Waals surface area contributed by atoms with Crippen molar-refractivity contribution in [3.63, 3.8) is 0 Å². The van der Waals surface area contributed by atoms with Crippen LogP contribution < -0.4 is 5.73 Å². The Morgan fingerprint density at radius 1 is 1.53 bits per heavy atom. The molecule has 1 heterocycles. The number of carbonyl (C=O) groups is 1. The topological polar surface area (TPSA) is 75.8 Å². The van der Waals surface area contributed by atoms with Gasteiger partial charge in [0.2, 0.25) is 0 Å². The van der Waals surface area contributed by atoms with E-state index in [0.29, 0.717) is 19.7 Å². The summed E-state index contributed by atoms with van der Waals surface area (Å²) in [6.07, 6.45) is 0.414. The maximum Gasteiger partial charge on any atom is 0.410 e. The fourth-order valence-corrected chi connectivity index (χ4v) is 1.97. The van der Waals surface area contributed by atoms with Gasteiger partial charge in [-0.25, -0.2) is 4.79 Å². The lowest BCUT2D eigenvalue weighted by Gasteiger charge is -2.20. The van der Waals surface area contributed by atoms with Gasteiger partial charge in [0.25, 0.3) is 0 Å². The number of cyclic esters (lactones) is 1. The van der Waals surface area contributed by atoms with Gasteiger partial charge in [-0.1, -0.05) is 12.1 Å². The number of phenolic OH excluding ortho intramolecular Hbond substituents is 1. The van der Waals surface area contributed by atoms with E-state index in [1.165, 1.54) is 0 Å². The Kier molecular flexibility index (Phi) is 3.49. The van der Waals surface area contributed by atoms with Crippen molar-refractivity contribution >= 4 is 6.09 Å². The second-order valence-electron chi connectivity index (χ2n) is 4.11. The van der Waals surface area contributed by atoms with Gasteiger partial charge in [-0.3, -0.25) is 4.90 Å². The average molecular weight is 236 g/mol. The summed E-state index contributed by atoms with van der Waals surface area (Å²) in [4.78, 5) is 13.2. The Morgan fingerprint density at radius 2 is 2.35 bits per heavy atom. The molecule has 1 saturated heterocycles. The molecule has 0 bridgehead atoms. The summed E-state index contributed by atoms with van der Waals surface area (Å²) in [5.74, 6) is 0.199. The monoisotopic (exact) mass is 236 g/mol. The predicted molar refractivity (Wildman–Crippen MR) is 62.5 cm³/mol. The van der Waals surface area contributed by atoms with Crippen LogP contribution in [0, 0.1) is 0 Å². The molecule has 0 spiro atoms. The van der Waals surface area contributed by atoms with Crippen molar-refractivity contribution in [1.29, 1.82) is 0 Å². The molecular formula is C12H16N2O3. The van der Waals surface area contributed by atoms with Crippen molar-refractivity contribution in [2.24, 2.45) is 5.73 Å². The van der Waals surface area contributed by atoms with Crippen molar-refractivity contribution in [1.82, 2.24) is 4.90 Å². The number of hydrogen-bond acceptors (Lipinski definition) is 4. The Morgan fingerprint density at radius 3 is 3.06 bits per heavy atom. The van der Waals surface area contributed by atoms with Crippen LogP contribution in [0.1, 0.15) is 12.0 Å². The van der Waals surface area contributed by atoms with Crippen LogP contribution in [0.15, 0.2) is 24.3 Å². The molecule has 5 heteroatoms. The zero-order valence-electron chi connectivity index (χ0n) is 9.50. The minimum atomic E-state index is -0.313. The maximum atomic E-state index is 11.5. The number of nitrogens with two attached hydrogens (primary N) is 1. The molecule has 1 aliphatic rings. The highest BCUT2D eigenvalue weighted by molar-refractivity contribution is 5.70. The molecule has 1 aromatic carbocycles. The normalized spacial score (nSPS) is 19.5. The van der Waals surface area contributed by atoms with E-state index in [9.17, 15) is 9.90 Å². The van der Waals surface area contributed by atoms with Gasteiger partial charge in [0.05, 0.1) is 6.04 Å². The summed E-state index contributed by atoms with van der Waals surface area (Å²) in [6, 6.07) is 6.90. The molecule has 17 heavy (non-hydrogen) atoms. The molecule has 1 atom stereocenters. The van der Waals surface area contributed by atoms with Crippen LogP contribution >= 0.6 is 0 Å². The number of nitrogens with zero attached hydrogens (tertiary/aromatic N) is 1. The maximum absolute atomic E-state index is 11.5. The fourth-order valence-electron chi connectivity index (χ4n) is 1.97. The standard InChI is InChI=1S/C12H16N2O3/c13-5-4-10-8-17-12(16)14(10)7-9-2-1-3-11(15)6-9/h1-3,6,10,15H,4-5,7-8,13H2. The van der Waals surface area contributed by atoms with Crippen molar-refractivity contribution in [3.05, 3.63) is 29.8 Å². The lowest BCUT2D eigenvalue weighted by Crippen LogP contribution is -2.34. The first-order valence-corrected chi connectivity index (χ1v) is 5.62. The Balaban J connectivity index is 2.08. The van der Waals surface area contributed by atoms with Gasteiger partial charge in [-0.05, 0) is 30.7 Å². The van der Waals surface area contributed by atoms with Crippen molar-refractivity contribution < 1.29 is 14.6 Å². The van der Waals surface area contributed by atoms with E-state index in [2.05, 4.69) is 0 Å². The number of phenols is 1. The quantitative estimate of drug-likeness (QED) is 0.819. The molecule has 2 rings (SSSR count). The fraction of sp³-hybridized carbons (Fsp3) is 0.417. The second kappa shape index (κ2) is 5.05. The van der Waals surface area contributed by atoms with E-state index in [4.69, 9.17) is 10.5 Å². The molecule has 1 unspecified atom stereocenters. The Hall–Kier alpha value is -1.75. The number of amides is 1. The Labute approximate surface area is 99.8 Å². The van der Waals surface area contributed by atoms with Crippen LogP contribution in [0.4, 0.5) is 4.79 Å². The Bertz CT molecular complexity index is 408. The van der Waals surface area contributed by atoms with Gasteiger partial charge in [-0.15, -0.1) is 0 Å². The number of ether oxygens (including phenoxy) is 1. The largest absolute Gasteiger partial charge is 0.508 e. The van der Waals surface area contributed by atoms with Gasteiger partial charge in [0.1, 0.15) is 12.4 Å². The van der Waals surface area contributed by atoms with Gasteiger partial charge in [0, 0.05) is 6.54 Å². The summed E-state index contributed by atoms with van der Waals surface area (Å²) in [5.41, 5.74) is 6.38. The van der Waals surface area contributed by atoms with Crippen molar-refractivity contribution in [2.45, 2.75) is 19.0 Å². The molecular weight excluding hydrogens is 220 g/mol. The zero-order valence-corrected chi connectivity index (χ0v) is 9.50. The van der Waals surface area contributed by atoms with E-state index in [1.54, 1.807) is 23.1 Å². The third kappa shape index (κ3) is 2.68. The molecule has 0 aromatic heterocycles. The van der Waals surface area contributed by atoms with E-state index in [1.807, 2.05) is 6.07 Å². The minimum Gasteiger partial charge on any atom is -0.508 e. The molecule has 1 aliphatic heterocycles. The number of rotatable bonds is 4. The van der Waals surface area contributed by atoms with E-state index < -0.39 is 0 Å². The number of carbonyl (C=O) groups excluding carboxylic acids is 1. The van der Waals surface area contributed by atoms with Gasteiger partial charge < -0.3 is 15.6 Å². The molecule has 0 saturated carbocycles. The molecule has 0 aliphatic carbocycles. The second-order valence-corrected chi connectivity index (χ2v) is 4.11. The lowest BCUT2D eigenvalue weighted by atomic mass is 10.1. The molecule has 0 radical (unpaired) electrons. The summed E-state index contributed by atoms with van der Waals surface area (Å²) < 4.78 is 5.00. The van der Waals surface area contributed by atoms with Gasteiger partial charge >= 0.3 is 6.09 Å². The van der Waals surface area contributed by atoms with Gasteiger partial charge in [-0.2, -0.15) is 0 Å².